The van der Waals surface area contributed by atoms with E-state index in [1.807, 2.05) is 6.26 Å². The maximum Gasteiger partial charge on any atom is 0.0876 e. The molecule has 1 nitrogen and oxygen atoms in total. The maximum atomic E-state index is 5.59. The lowest BCUT2D eigenvalue weighted by molar-refractivity contribution is 0.226. The fraction of sp³-hybridized carbons (Fsp3) is 0.600. The van der Waals surface area contributed by atoms with Gasteiger partial charge in [0.25, 0.3) is 0 Å². The van der Waals surface area contributed by atoms with Crippen molar-refractivity contribution < 1.29 is 4.74 Å². The van der Waals surface area contributed by atoms with E-state index in [9.17, 15) is 0 Å². The van der Waals surface area contributed by atoms with Crippen molar-refractivity contribution in [1.82, 2.24) is 0 Å². The zero-order valence-electron chi connectivity index (χ0n) is 7.48. The van der Waals surface area contributed by atoms with Gasteiger partial charge in [0.15, 0.2) is 0 Å². The molecule has 68 valence electrons. The van der Waals surface area contributed by atoms with Gasteiger partial charge in [-0.15, -0.1) is 11.6 Å². The third-order valence-corrected chi connectivity index (χ3v) is 2.22. The van der Waals surface area contributed by atoms with Gasteiger partial charge in [-0.3, -0.25) is 0 Å². The second-order valence-electron chi connectivity index (χ2n) is 2.98. The summed E-state index contributed by atoms with van der Waals surface area (Å²) in [5.74, 6) is 0.700. The van der Waals surface area contributed by atoms with Gasteiger partial charge in [0.05, 0.1) is 12.9 Å². The van der Waals surface area contributed by atoms with E-state index < -0.39 is 0 Å². The van der Waals surface area contributed by atoms with E-state index in [0.717, 1.165) is 25.9 Å². The number of halogens is 1. The molecule has 1 rings (SSSR count). The summed E-state index contributed by atoms with van der Waals surface area (Å²) < 4.78 is 5.25. The molecule has 0 N–H and O–H groups in total. The van der Waals surface area contributed by atoms with Crippen LogP contribution < -0.4 is 0 Å². The van der Waals surface area contributed by atoms with Crippen molar-refractivity contribution in [3.63, 3.8) is 0 Å². The molecule has 1 heterocycles. The molecule has 0 unspecified atom stereocenters. The summed E-state index contributed by atoms with van der Waals surface area (Å²) >= 11 is 5.59. The Balaban J connectivity index is 2.49. The number of hydrogen-bond acceptors (Lipinski definition) is 1. The molecule has 1 aliphatic rings. The van der Waals surface area contributed by atoms with E-state index in [2.05, 4.69) is 13.0 Å². The van der Waals surface area contributed by atoms with Crippen LogP contribution in [0, 0.1) is 0 Å². The van der Waals surface area contributed by atoms with Crippen LogP contribution in [0.25, 0.3) is 0 Å². The van der Waals surface area contributed by atoms with Crippen molar-refractivity contribution in [2.45, 2.75) is 26.2 Å². The summed E-state index contributed by atoms with van der Waals surface area (Å²) in [5, 5.41) is 0. The Morgan fingerprint density at radius 3 is 3.17 bits per heavy atom. The highest BCUT2D eigenvalue weighted by molar-refractivity contribution is 6.17. The smallest absolute Gasteiger partial charge is 0.0876 e. The minimum absolute atomic E-state index is 0.700. The van der Waals surface area contributed by atoms with Crippen molar-refractivity contribution in [3.8, 4) is 0 Å². The van der Waals surface area contributed by atoms with Gasteiger partial charge in [-0.05, 0) is 37.3 Å². The van der Waals surface area contributed by atoms with E-state index in [1.165, 1.54) is 11.1 Å². The van der Waals surface area contributed by atoms with Crippen LogP contribution in [0.5, 0.6) is 0 Å². The van der Waals surface area contributed by atoms with E-state index >= 15 is 0 Å². The van der Waals surface area contributed by atoms with Crippen molar-refractivity contribution >= 4 is 11.6 Å². The topological polar surface area (TPSA) is 9.23 Å². The van der Waals surface area contributed by atoms with Gasteiger partial charge >= 0.3 is 0 Å². The largest absolute Gasteiger partial charge is 0.501 e. The van der Waals surface area contributed by atoms with Crippen LogP contribution in [0.1, 0.15) is 26.2 Å². The molecule has 0 spiro atoms. The van der Waals surface area contributed by atoms with Gasteiger partial charge in [0, 0.05) is 5.88 Å². The first-order valence-electron chi connectivity index (χ1n) is 4.38. The molecule has 12 heavy (non-hydrogen) atoms. The predicted octanol–water partition coefficient (Wildman–Crippen LogP) is 3.26. The Labute approximate surface area is 79.1 Å². The summed E-state index contributed by atoms with van der Waals surface area (Å²) in [6.07, 6.45) is 7.28. The molecule has 2 heteroatoms. The lowest BCUT2D eigenvalue weighted by Gasteiger charge is -2.13. The zero-order chi connectivity index (χ0) is 8.81. The lowest BCUT2D eigenvalue weighted by atomic mass is 10.0. The zero-order valence-corrected chi connectivity index (χ0v) is 8.23. The fourth-order valence-corrected chi connectivity index (χ4v) is 1.37. The highest BCUT2D eigenvalue weighted by atomic mass is 35.5. The van der Waals surface area contributed by atoms with Crippen LogP contribution in [0.2, 0.25) is 0 Å². The van der Waals surface area contributed by atoms with Crippen LogP contribution >= 0.6 is 11.6 Å². The Hall–Kier alpha value is -0.430. The van der Waals surface area contributed by atoms with E-state index in [4.69, 9.17) is 16.3 Å². The SMILES string of the molecule is C/C(=C\CCCl)C1=COCCC1. The second kappa shape index (κ2) is 5.26. The highest BCUT2D eigenvalue weighted by Gasteiger charge is 2.04. The quantitative estimate of drug-likeness (QED) is 0.615. The molecule has 0 aromatic heterocycles. The van der Waals surface area contributed by atoms with Crippen LogP contribution in [0.4, 0.5) is 0 Å². The van der Waals surface area contributed by atoms with E-state index in [0.29, 0.717) is 5.88 Å². The maximum absolute atomic E-state index is 5.59. The number of rotatable bonds is 3. The van der Waals surface area contributed by atoms with Gasteiger partial charge in [-0.2, -0.15) is 0 Å². The highest BCUT2D eigenvalue weighted by Crippen LogP contribution is 2.19. The number of alkyl halides is 1. The number of ether oxygens (including phenoxy) is 1. The molecule has 0 aliphatic carbocycles. The first kappa shape index (κ1) is 9.66. The summed E-state index contributed by atoms with van der Waals surface area (Å²) in [5.41, 5.74) is 2.64. The van der Waals surface area contributed by atoms with Crippen molar-refractivity contribution in [3.05, 3.63) is 23.5 Å². The van der Waals surface area contributed by atoms with Gasteiger partial charge < -0.3 is 4.74 Å². The Morgan fingerprint density at radius 2 is 2.58 bits per heavy atom. The third kappa shape index (κ3) is 2.90. The molecular weight excluding hydrogens is 172 g/mol. The molecule has 0 radical (unpaired) electrons. The fourth-order valence-electron chi connectivity index (χ4n) is 1.26. The molecule has 0 bridgehead atoms. The molecule has 0 saturated heterocycles. The Kier molecular flexibility index (Phi) is 4.23. The van der Waals surface area contributed by atoms with Crippen LogP contribution in [0.15, 0.2) is 23.5 Å². The molecule has 0 aromatic rings. The van der Waals surface area contributed by atoms with Crippen LogP contribution in [-0.4, -0.2) is 12.5 Å². The third-order valence-electron chi connectivity index (χ3n) is 2.00. The van der Waals surface area contributed by atoms with Crippen molar-refractivity contribution in [1.29, 1.82) is 0 Å². The minimum atomic E-state index is 0.700. The number of allylic oxidation sites excluding steroid dienone is 3. The lowest BCUT2D eigenvalue weighted by Crippen LogP contribution is -1.99. The number of hydrogen-bond donors (Lipinski definition) is 0. The van der Waals surface area contributed by atoms with Crippen LogP contribution in [-0.2, 0) is 4.74 Å². The Bertz CT molecular complexity index is 194. The average molecular weight is 187 g/mol. The average Bonchev–Trinajstić information content (AvgIpc) is 2.15. The van der Waals surface area contributed by atoms with Gasteiger partial charge in [-0.1, -0.05) is 6.08 Å². The van der Waals surface area contributed by atoms with Crippen molar-refractivity contribution in [2.75, 3.05) is 12.5 Å². The predicted molar refractivity (Wildman–Crippen MR) is 52.4 cm³/mol. The van der Waals surface area contributed by atoms with Gasteiger partial charge in [-0.25, -0.2) is 0 Å². The van der Waals surface area contributed by atoms with Gasteiger partial charge in [0.2, 0.25) is 0 Å². The standard InChI is InChI=1S/C10H15ClO/c1-9(4-2-6-11)10-5-3-7-12-8-10/h4,8H,2-3,5-7H2,1H3/b9-4+. The van der Waals surface area contributed by atoms with E-state index in [1.54, 1.807) is 0 Å². The molecule has 1 aliphatic heterocycles. The van der Waals surface area contributed by atoms with E-state index in [-0.39, 0.29) is 0 Å². The molecule has 0 fully saturated rings. The summed E-state index contributed by atoms with van der Waals surface area (Å²) in [7, 11) is 0. The molecular formula is C10H15ClO. The van der Waals surface area contributed by atoms with Crippen LogP contribution in [0.3, 0.4) is 0 Å². The summed E-state index contributed by atoms with van der Waals surface area (Å²) in [6.45, 7) is 2.99. The monoisotopic (exact) mass is 186 g/mol. The molecule has 0 atom stereocenters. The first-order valence-corrected chi connectivity index (χ1v) is 4.92. The van der Waals surface area contributed by atoms with Gasteiger partial charge in [0.1, 0.15) is 0 Å². The summed E-state index contributed by atoms with van der Waals surface area (Å²) in [4.78, 5) is 0. The molecule has 0 amide bonds. The first-order chi connectivity index (χ1) is 5.84. The normalized spacial score (nSPS) is 18.5. The Morgan fingerprint density at radius 1 is 1.75 bits per heavy atom. The molecule has 0 saturated carbocycles. The minimum Gasteiger partial charge on any atom is -0.501 e. The van der Waals surface area contributed by atoms with Crippen molar-refractivity contribution in [2.24, 2.45) is 0 Å². The summed E-state index contributed by atoms with van der Waals surface area (Å²) in [6, 6.07) is 0. The molecule has 0 aromatic carbocycles. The second-order valence-corrected chi connectivity index (χ2v) is 3.36.